The summed E-state index contributed by atoms with van der Waals surface area (Å²) in [6.07, 6.45) is 14.6. The minimum absolute atomic E-state index is 0.0180. The van der Waals surface area contributed by atoms with Gasteiger partial charge in [0.05, 0.1) is 0 Å². The van der Waals surface area contributed by atoms with Crippen LogP contribution in [-0.2, 0) is 6.42 Å². The summed E-state index contributed by atoms with van der Waals surface area (Å²) >= 11 is 0. The molecule has 1 aromatic rings. The van der Waals surface area contributed by atoms with Gasteiger partial charge in [-0.05, 0) is 93.4 Å². The number of hydrogen-bond donors (Lipinski definition) is 0. The molecule has 1 heteroatoms. The zero-order valence-corrected chi connectivity index (χ0v) is 21.5. The van der Waals surface area contributed by atoms with E-state index in [9.17, 15) is 0 Å². The highest BCUT2D eigenvalue weighted by atomic mass is 16.5. The minimum atomic E-state index is 0.0180. The van der Waals surface area contributed by atoms with E-state index in [2.05, 4.69) is 61.5 Å². The molecule has 1 aliphatic heterocycles. The summed E-state index contributed by atoms with van der Waals surface area (Å²) in [5.74, 6) is 3.80. The van der Waals surface area contributed by atoms with E-state index in [1.54, 1.807) is 0 Å². The molecule has 2 rings (SSSR count). The van der Waals surface area contributed by atoms with Crippen LogP contribution in [0.4, 0.5) is 0 Å². The van der Waals surface area contributed by atoms with Crippen molar-refractivity contribution in [1.82, 2.24) is 0 Å². The van der Waals surface area contributed by atoms with E-state index in [1.165, 1.54) is 85.8 Å². The van der Waals surface area contributed by atoms with Crippen LogP contribution in [-0.4, -0.2) is 5.60 Å². The maximum Gasteiger partial charge on any atom is 0.126 e. The third kappa shape index (κ3) is 7.61. The lowest BCUT2D eigenvalue weighted by atomic mass is 9.84. The van der Waals surface area contributed by atoms with Crippen molar-refractivity contribution in [3.8, 4) is 5.75 Å². The second kappa shape index (κ2) is 11.6. The standard InChI is InChI=1S/C29H50O/c1-21(2)12-9-13-22(3)14-10-15-23(4)16-11-18-29(8)19-17-27-20-24(5)25(6)26(7)28(27)30-29/h20-23H,9-19H2,1-8H3. The SMILES string of the molecule is Cc1cc2c(c(C)c1C)OC(C)(CCCC(C)CCCC(C)CCCC(C)C)CC2. The molecule has 0 spiro atoms. The summed E-state index contributed by atoms with van der Waals surface area (Å²) < 4.78 is 6.63. The molecule has 30 heavy (non-hydrogen) atoms. The number of aryl methyl sites for hydroxylation is 2. The van der Waals surface area contributed by atoms with Crippen molar-refractivity contribution in [1.29, 1.82) is 0 Å². The van der Waals surface area contributed by atoms with Crippen LogP contribution in [0.3, 0.4) is 0 Å². The molecule has 3 atom stereocenters. The highest BCUT2D eigenvalue weighted by molar-refractivity contribution is 5.50. The van der Waals surface area contributed by atoms with Gasteiger partial charge < -0.3 is 4.74 Å². The second-order valence-electron chi connectivity index (χ2n) is 11.3. The smallest absolute Gasteiger partial charge is 0.126 e. The van der Waals surface area contributed by atoms with E-state index >= 15 is 0 Å². The first-order valence-corrected chi connectivity index (χ1v) is 12.9. The lowest BCUT2D eigenvalue weighted by molar-refractivity contribution is 0.0515. The normalized spacial score (nSPS) is 20.7. The second-order valence-corrected chi connectivity index (χ2v) is 11.3. The molecule has 1 heterocycles. The van der Waals surface area contributed by atoms with Crippen molar-refractivity contribution in [3.63, 3.8) is 0 Å². The van der Waals surface area contributed by atoms with Crippen LogP contribution < -0.4 is 4.74 Å². The van der Waals surface area contributed by atoms with Crippen LogP contribution in [0.2, 0.25) is 0 Å². The van der Waals surface area contributed by atoms with Crippen molar-refractivity contribution in [2.24, 2.45) is 17.8 Å². The molecule has 172 valence electrons. The Labute approximate surface area is 188 Å². The fourth-order valence-corrected chi connectivity index (χ4v) is 5.14. The molecule has 1 nitrogen and oxygen atoms in total. The van der Waals surface area contributed by atoms with Crippen molar-refractivity contribution >= 4 is 0 Å². The van der Waals surface area contributed by atoms with Gasteiger partial charge in [0.15, 0.2) is 0 Å². The molecule has 0 aromatic heterocycles. The summed E-state index contributed by atoms with van der Waals surface area (Å²) in [5.41, 5.74) is 5.59. The van der Waals surface area contributed by atoms with Crippen molar-refractivity contribution in [2.45, 2.75) is 132 Å². The van der Waals surface area contributed by atoms with Crippen molar-refractivity contribution in [2.75, 3.05) is 0 Å². The summed E-state index contributed by atoms with van der Waals surface area (Å²) in [7, 11) is 0. The molecule has 0 saturated heterocycles. The third-order valence-corrected chi connectivity index (χ3v) is 7.72. The molecule has 3 unspecified atom stereocenters. The van der Waals surface area contributed by atoms with E-state index in [0.29, 0.717) is 0 Å². The quantitative estimate of drug-likeness (QED) is 0.331. The predicted molar refractivity (Wildman–Crippen MR) is 133 cm³/mol. The van der Waals surface area contributed by atoms with Crippen LogP contribution in [0, 0.1) is 38.5 Å². The Kier molecular flexibility index (Phi) is 9.76. The van der Waals surface area contributed by atoms with Gasteiger partial charge in [-0.15, -0.1) is 0 Å². The van der Waals surface area contributed by atoms with Gasteiger partial charge in [0, 0.05) is 0 Å². The van der Waals surface area contributed by atoms with Gasteiger partial charge in [-0.25, -0.2) is 0 Å². The first-order chi connectivity index (χ1) is 14.1. The molecule has 0 radical (unpaired) electrons. The van der Waals surface area contributed by atoms with Crippen LogP contribution in [0.15, 0.2) is 6.07 Å². The minimum Gasteiger partial charge on any atom is -0.487 e. The number of hydrogen-bond acceptors (Lipinski definition) is 1. The van der Waals surface area contributed by atoms with Gasteiger partial charge in [0.25, 0.3) is 0 Å². The third-order valence-electron chi connectivity index (χ3n) is 7.72. The highest BCUT2D eigenvalue weighted by Gasteiger charge is 2.32. The van der Waals surface area contributed by atoms with Crippen LogP contribution in [0.5, 0.6) is 5.75 Å². The average molecular weight is 415 g/mol. The van der Waals surface area contributed by atoms with E-state index in [1.807, 2.05) is 0 Å². The molecular formula is C29H50O. The van der Waals surface area contributed by atoms with E-state index < -0.39 is 0 Å². The summed E-state index contributed by atoms with van der Waals surface area (Å²) in [6.45, 7) is 18.6. The zero-order chi connectivity index (χ0) is 22.3. The van der Waals surface area contributed by atoms with E-state index in [-0.39, 0.29) is 5.60 Å². The van der Waals surface area contributed by atoms with Gasteiger partial charge in [-0.1, -0.05) is 78.7 Å². The first-order valence-electron chi connectivity index (χ1n) is 12.9. The lowest BCUT2D eigenvalue weighted by Crippen LogP contribution is -2.36. The molecule has 0 bridgehead atoms. The van der Waals surface area contributed by atoms with Gasteiger partial charge in [0.1, 0.15) is 11.4 Å². The maximum absolute atomic E-state index is 6.63. The molecule has 0 N–H and O–H groups in total. The van der Waals surface area contributed by atoms with Crippen LogP contribution >= 0.6 is 0 Å². The molecule has 1 aliphatic rings. The molecule has 0 fully saturated rings. The number of benzene rings is 1. The Morgan fingerprint density at radius 3 is 2.00 bits per heavy atom. The Morgan fingerprint density at radius 2 is 1.40 bits per heavy atom. The van der Waals surface area contributed by atoms with Gasteiger partial charge in [0.2, 0.25) is 0 Å². The van der Waals surface area contributed by atoms with Crippen LogP contribution in [0.25, 0.3) is 0 Å². The largest absolute Gasteiger partial charge is 0.487 e. The Bertz CT molecular complexity index is 659. The lowest BCUT2D eigenvalue weighted by Gasteiger charge is -2.37. The van der Waals surface area contributed by atoms with Gasteiger partial charge in [-0.2, -0.15) is 0 Å². The van der Waals surface area contributed by atoms with Crippen molar-refractivity contribution < 1.29 is 4.74 Å². The topological polar surface area (TPSA) is 9.23 Å². The zero-order valence-electron chi connectivity index (χ0n) is 21.5. The number of rotatable bonds is 12. The summed E-state index contributed by atoms with van der Waals surface area (Å²) in [4.78, 5) is 0. The summed E-state index contributed by atoms with van der Waals surface area (Å²) in [6, 6.07) is 2.35. The average Bonchev–Trinajstić information content (AvgIpc) is 2.67. The van der Waals surface area contributed by atoms with Gasteiger partial charge in [-0.3, -0.25) is 0 Å². The van der Waals surface area contributed by atoms with E-state index in [0.717, 1.165) is 30.6 Å². The Hall–Kier alpha value is -0.980. The number of fused-ring (bicyclic) bond motifs is 1. The fourth-order valence-electron chi connectivity index (χ4n) is 5.14. The van der Waals surface area contributed by atoms with Gasteiger partial charge >= 0.3 is 0 Å². The van der Waals surface area contributed by atoms with Crippen molar-refractivity contribution in [3.05, 3.63) is 28.3 Å². The van der Waals surface area contributed by atoms with E-state index in [4.69, 9.17) is 4.74 Å². The molecule has 0 saturated carbocycles. The Balaban J connectivity index is 1.69. The monoisotopic (exact) mass is 414 g/mol. The molecular weight excluding hydrogens is 364 g/mol. The predicted octanol–water partition coefficient (Wildman–Crippen LogP) is 9.13. The molecule has 1 aromatic carbocycles. The Morgan fingerprint density at radius 1 is 0.833 bits per heavy atom. The molecule has 0 amide bonds. The number of ether oxygens (including phenoxy) is 1. The maximum atomic E-state index is 6.63. The summed E-state index contributed by atoms with van der Waals surface area (Å²) in [5, 5.41) is 0. The fraction of sp³-hybridized carbons (Fsp3) is 0.793. The highest BCUT2D eigenvalue weighted by Crippen LogP contribution is 2.40. The molecule has 0 aliphatic carbocycles. The van der Waals surface area contributed by atoms with Crippen LogP contribution in [0.1, 0.15) is 121 Å². The first kappa shape index (κ1) is 25.3.